The fourth-order valence-electron chi connectivity index (χ4n) is 3.72. The third-order valence-electron chi connectivity index (χ3n) is 5.14. The molecule has 0 radical (unpaired) electrons. The van der Waals surface area contributed by atoms with Gasteiger partial charge in [0.15, 0.2) is 5.65 Å². The molecule has 0 aliphatic heterocycles. The lowest BCUT2D eigenvalue weighted by atomic mass is 10.0. The van der Waals surface area contributed by atoms with Gasteiger partial charge in [-0.1, -0.05) is 78.4 Å². The highest BCUT2D eigenvalue weighted by atomic mass is 15.0. The minimum Gasteiger partial charge on any atom is -0.299 e. The topological polar surface area (TPSA) is 41.1 Å². The molecule has 2 aromatic heterocycles. The van der Waals surface area contributed by atoms with Gasteiger partial charge in [-0.2, -0.15) is 5.26 Å². The molecule has 3 nitrogen and oxygen atoms in total. The molecule has 0 spiro atoms. The quantitative estimate of drug-likeness (QED) is 0.388. The van der Waals surface area contributed by atoms with Crippen molar-refractivity contribution >= 4 is 16.6 Å². The van der Waals surface area contributed by atoms with Crippen LogP contribution in [0.15, 0.2) is 85.1 Å². The predicted molar refractivity (Wildman–Crippen MR) is 113 cm³/mol. The molecule has 5 aromatic rings. The average molecular weight is 359 g/mol. The number of hydrogen-bond donors (Lipinski definition) is 0. The number of aryl methyl sites for hydroxylation is 1. The number of nitrogens with zero attached hydrogens (tertiary/aromatic N) is 3. The van der Waals surface area contributed by atoms with Crippen molar-refractivity contribution in [3.8, 4) is 28.5 Å². The summed E-state index contributed by atoms with van der Waals surface area (Å²) in [6.07, 6.45) is 2.03. The van der Waals surface area contributed by atoms with E-state index in [9.17, 15) is 5.26 Å². The maximum atomic E-state index is 9.95. The summed E-state index contributed by atoms with van der Waals surface area (Å²) in [6.45, 7) is 2.06. The van der Waals surface area contributed by atoms with Crippen LogP contribution in [0.1, 0.15) is 11.1 Å². The van der Waals surface area contributed by atoms with Gasteiger partial charge >= 0.3 is 0 Å². The maximum Gasteiger partial charge on any atom is 0.156 e. The fraction of sp³-hybridized carbons (Fsp3) is 0.0400. The highest BCUT2D eigenvalue weighted by Gasteiger charge is 2.18. The van der Waals surface area contributed by atoms with Crippen molar-refractivity contribution in [1.82, 2.24) is 9.38 Å². The smallest absolute Gasteiger partial charge is 0.156 e. The van der Waals surface area contributed by atoms with E-state index in [1.54, 1.807) is 0 Å². The van der Waals surface area contributed by atoms with Gasteiger partial charge in [0.05, 0.1) is 11.2 Å². The highest BCUT2D eigenvalue weighted by molar-refractivity contribution is 5.96. The Morgan fingerprint density at radius 3 is 2.29 bits per heavy atom. The van der Waals surface area contributed by atoms with Gasteiger partial charge in [0.25, 0.3) is 0 Å². The largest absolute Gasteiger partial charge is 0.299 e. The first-order chi connectivity index (χ1) is 13.8. The third-order valence-corrected chi connectivity index (χ3v) is 5.14. The molecule has 0 saturated carbocycles. The molecule has 3 heteroatoms. The number of aromatic nitrogens is 2. The first-order valence-corrected chi connectivity index (χ1v) is 9.22. The van der Waals surface area contributed by atoms with E-state index in [2.05, 4.69) is 61.5 Å². The van der Waals surface area contributed by atoms with E-state index in [4.69, 9.17) is 4.98 Å². The van der Waals surface area contributed by atoms with Crippen LogP contribution in [0.25, 0.3) is 38.9 Å². The second-order valence-corrected chi connectivity index (χ2v) is 6.93. The van der Waals surface area contributed by atoms with Crippen molar-refractivity contribution in [2.75, 3.05) is 0 Å². The van der Waals surface area contributed by atoms with Gasteiger partial charge < -0.3 is 0 Å². The Kier molecular flexibility index (Phi) is 3.70. The van der Waals surface area contributed by atoms with Gasteiger partial charge in [0, 0.05) is 22.7 Å². The lowest BCUT2D eigenvalue weighted by Crippen LogP contribution is -1.95. The average Bonchev–Trinajstić information content (AvgIpc) is 3.13. The van der Waals surface area contributed by atoms with Gasteiger partial charge in [-0.15, -0.1) is 0 Å². The van der Waals surface area contributed by atoms with Gasteiger partial charge in [0.2, 0.25) is 0 Å². The molecule has 2 heterocycles. The van der Waals surface area contributed by atoms with Crippen LogP contribution in [-0.4, -0.2) is 9.38 Å². The van der Waals surface area contributed by atoms with Crippen molar-refractivity contribution in [1.29, 1.82) is 5.26 Å². The van der Waals surface area contributed by atoms with Crippen LogP contribution in [0.3, 0.4) is 0 Å². The SMILES string of the molecule is Cc1ccc(-c2cn3c(nc(-c4ccccc4)c4ccccc43)c2C#N)cc1. The second kappa shape index (κ2) is 6.37. The Hall–Kier alpha value is -3.90. The van der Waals surface area contributed by atoms with Crippen LogP contribution >= 0.6 is 0 Å². The van der Waals surface area contributed by atoms with Crippen molar-refractivity contribution in [3.05, 3.63) is 96.2 Å². The Balaban J connectivity index is 1.90. The van der Waals surface area contributed by atoms with Crippen LogP contribution in [0.2, 0.25) is 0 Å². The minimum absolute atomic E-state index is 0.604. The Labute approximate surface area is 163 Å². The Bertz CT molecular complexity index is 1350. The highest BCUT2D eigenvalue weighted by Crippen LogP contribution is 2.34. The molecule has 132 valence electrons. The summed E-state index contributed by atoms with van der Waals surface area (Å²) in [4.78, 5) is 4.95. The summed E-state index contributed by atoms with van der Waals surface area (Å²) >= 11 is 0. The molecule has 0 fully saturated rings. The van der Waals surface area contributed by atoms with E-state index in [0.29, 0.717) is 11.2 Å². The molecule has 0 atom stereocenters. The summed E-state index contributed by atoms with van der Waals surface area (Å²) in [7, 11) is 0. The zero-order valence-electron chi connectivity index (χ0n) is 15.4. The Morgan fingerprint density at radius 2 is 1.54 bits per heavy atom. The van der Waals surface area contributed by atoms with E-state index in [1.807, 2.05) is 40.9 Å². The predicted octanol–water partition coefficient (Wildman–Crippen LogP) is 6.00. The summed E-state index contributed by atoms with van der Waals surface area (Å²) in [6, 6.07) is 29.0. The van der Waals surface area contributed by atoms with Gasteiger partial charge in [-0.05, 0) is 18.6 Å². The van der Waals surface area contributed by atoms with Crippen LogP contribution in [0.4, 0.5) is 0 Å². The number of benzene rings is 3. The number of hydrogen-bond acceptors (Lipinski definition) is 2. The zero-order chi connectivity index (χ0) is 19.1. The van der Waals surface area contributed by atoms with Crippen LogP contribution in [0, 0.1) is 18.3 Å². The first kappa shape index (κ1) is 16.3. The molecular weight excluding hydrogens is 342 g/mol. The number of para-hydroxylation sites is 1. The number of nitriles is 1. The molecule has 0 amide bonds. The molecule has 0 unspecified atom stereocenters. The lowest BCUT2D eigenvalue weighted by Gasteiger charge is -2.09. The molecular formula is C25H17N3. The molecule has 0 aliphatic rings. The van der Waals surface area contributed by atoms with E-state index < -0.39 is 0 Å². The second-order valence-electron chi connectivity index (χ2n) is 6.93. The van der Waals surface area contributed by atoms with E-state index >= 15 is 0 Å². The Morgan fingerprint density at radius 1 is 0.821 bits per heavy atom. The molecule has 3 aromatic carbocycles. The summed E-state index contributed by atoms with van der Waals surface area (Å²) < 4.78 is 2.04. The summed E-state index contributed by atoms with van der Waals surface area (Å²) in [5, 5.41) is 11.0. The fourth-order valence-corrected chi connectivity index (χ4v) is 3.72. The summed E-state index contributed by atoms with van der Waals surface area (Å²) in [5.41, 5.74) is 7.41. The monoisotopic (exact) mass is 359 g/mol. The third kappa shape index (κ3) is 2.47. The van der Waals surface area contributed by atoms with Crippen molar-refractivity contribution in [2.45, 2.75) is 6.92 Å². The molecule has 28 heavy (non-hydrogen) atoms. The van der Waals surface area contributed by atoms with Crippen LogP contribution < -0.4 is 0 Å². The van der Waals surface area contributed by atoms with Crippen LogP contribution in [0.5, 0.6) is 0 Å². The van der Waals surface area contributed by atoms with Gasteiger partial charge in [0.1, 0.15) is 11.6 Å². The summed E-state index contributed by atoms with van der Waals surface area (Å²) in [5.74, 6) is 0. The zero-order valence-corrected chi connectivity index (χ0v) is 15.4. The minimum atomic E-state index is 0.604. The van der Waals surface area contributed by atoms with Gasteiger partial charge in [-0.3, -0.25) is 4.40 Å². The molecule has 0 saturated heterocycles. The van der Waals surface area contributed by atoms with Crippen molar-refractivity contribution < 1.29 is 0 Å². The van der Waals surface area contributed by atoms with Crippen molar-refractivity contribution in [3.63, 3.8) is 0 Å². The van der Waals surface area contributed by atoms with Crippen molar-refractivity contribution in [2.24, 2.45) is 0 Å². The standard InChI is InChI=1S/C25H17N3/c1-17-11-13-18(14-12-17)22-16-28-23-10-6-5-9-20(23)24(19-7-3-2-4-8-19)27-25(28)21(22)15-26/h2-14,16H,1H3. The van der Waals surface area contributed by atoms with Crippen LogP contribution in [-0.2, 0) is 0 Å². The first-order valence-electron chi connectivity index (χ1n) is 9.22. The lowest BCUT2D eigenvalue weighted by molar-refractivity contribution is 1.20. The number of rotatable bonds is 2. The molecule has 5 rings (SSSR count). The van der Waals surface area contributed by atoms with Gasteiger partial charge in [-0.25, -0.2) is 4.98 Å². The molecule has 0 N–H and O–H groups in total. The molecule has 0 bridgehead atoms. The molecule has 0 aliphatic carbocycles. The normalized spacial score (nSPS) is 11.0. The van der Waals surface area contributed by atoms with E-state index in [-0.39, 0.29) is 0 Å². The maximum absolute atomic E-state index is 9.95. The van der Waals surface area contributed by atoms with E-state index in [0.717, 1.165) is 33.3 Å². The van der Waals surface area contributed by atoms with E-state index in [1.165, 1.54) is 5.56 Å². The number of fused-ring (bicyclic) bond motifs is 3.